The van der Waals surface area contributed by atoms with Gasteiger partial charge in [0, 0.05) is 38.4 Å². The van der Waals surface area contributed by atoms with Gasteiger partial charge in [0.25, 0.3) is 0 Å². The summed E-state index contributed by atoms with van der Waals surface area (Å²) in [5.74, 6) is 1.80. The Kier molecular flexibility index (Phi) is 6.96. The second-order valence-electron chi connectivity index (χ2n) is 7.66. The van der Waals surface area contributed by atoms with Gasteiger partial charge in [-0.25, -0.2) is 9.79 Å². The molecule has 2 heterocycles. The number of aliphatic imine (C=N–C) groups is 1. The maximum Gasteiger partial charge on any atom is 0.321 e. The van der Waals surface area contributed by atoms with Gasteiger partial charge in [0.05, 0.1) is 6.54 Å². The van der Waals surface area contributed by atoms with Crippen molar-refractivity contribution in [3.63, 3.8) is 0 Å². The molecule has 0 saturated carbocycles. The Hall–Kier alpha value is -2.24. The maximum absolute atomic E-state index is 12.3. The van der Waals surface area contributed by atoms with Crippen LogP contribution in [-0.4, -0.2) is 54.5 Å². The molecule has 0 aliphatic carbocycles. The van der Waals surface area contributed by atoms with E-state index < -0.39 is 0 Å². The third-order valence-electron chi connectivity index (χ3n) is 5.40. The Balaban J connectivity index is 1.61. The van der Waals surface area contributed by atoms with Crippen molar-refractivity contribution in [3.8, 4) is 0 Å². The molecule has 0 unspecified atom stereocenters. The Morgan fingerprint density at radius 1 is 1.15 bits per heavy atom. The quantitative estimate of drug-likeness (QED) is 0.629. The van der Waals surface area contributed by atoms with Gasteiger partial charge in [-0.05, 0) is 56.2 Å². The third kappa shape index (κ3) is 5.62. The van der Waals surface area contributed by atoms with Crippen LogP contribution in [0.5, 0.6) is 0 Å². The molecular formula is C21H33N5O. The number of hydrogen-bond acceptors (Lipinski definition) is 2. The first-order valence-corrected chi connectivity index (χ1v) is 10.3. The van der Waals surface area contributed by atoms with Crippen molar-refractivity contribution in [3.05, 3.63) is 29.8 Å². The highest BCUT2D eigenvalue weighted by Gasteiger charge is 2.19. The van der Waals surface area contributed by atoms with Gasteiger partial charge < -0.3 is 20.4 Å². The summed E-state index contributed by atoms with van der Waals surface area (Å²) in [5, 5.41) is 6.44. The zero-order valence-electron chi connectivity index (χ0n) is 16.7. The van der Waals surface area contributed by atoms with Gasteiger partial charge in [-0.2, -0.15) is 0 Å². The molecule has 1 aromatic rings. The van der Waals surface area contributed by atoms with Gasteiger partial charge >= 0.3 is 6.03 Å². The fraction of sp³-hybridized carbons (Fsp3) is 0.619. The number of carbonyl (C=O) groups is 1. The number of hydrogen-bond donors (Lipinski definition) is 2. The van der Waals surface area contributed by atoms with E-state index in [1.165, 1.54) is 12.8 Å². The number of carbonyl (C=O) groups excluding carboxylic acids is 1. The number of guanidine groups is 1. The van der Waals surface area contributed by atoms with E-state index in [4.69, 9.17) is 4.99 Å². The Labute approximate surface area is 163 Å². The smallest absolute Gasteiger partial charge is 0.321 e. The van der Waals surface area contributed by atoms with Crippen LogP contribution in [0.2, 0.25) is 0 Å². The summed E-state index contributed by atoms with van der Waals surface area (Å²) in [6, 6.07) is 8.03. The number of anilines is 1. The highest BCUT2D eigenvalue weighted by atomic mass is 16.2. The predicted molar refractivity (Wildman–Crippen MR) is 111 cm³/mol. The molecule has 0 bridgehead atoms. The van der Waals surface area contributed by atoms with Crippen molar-refractivity contribution in [2.75, 3.05) is 38.0 Å². The lowest BCUT2D eigenvalue weighted by Gasteiger charge is -2.33. The summed E-state index contributed by atoms with van der Waals surface area (Å²) in [5.41, 5.74) is 1.95. The number of rotatable bonds is 4. The van der Waals surface area contributed by atoms with Crippen molar-refractivity contribution >= 4 is 17.7 Å². The van der Waals surface area contributed by atoms with E-state index in [-0.39, 0.29) is 6.03 Å². The second kappa shape index (κ2) is 9.62. The number of benzene rings is 1. The third-order valence-corrected chi connectivity index (χ3v) is 5.40. The van der Waals surface area contributed by atoms with Crippen molar-refractivity contribution in [2.45, 2.75) is 46.1 Å². The molecule has 2 N–H and O–H groups in total. The minimum Gasteiger partial charge on any atom is -0.357 e. The molecule has 2 fully saturated rings. The van der Waals surface area contributed by atoms with Crippen LogP contribution in [0.25, 0.3) is 0 Å². The van der Waals surface area contributed by atoms with Gasteiger partial charge in [-0.15, -0.1) is 0 Å². The molecule has 1 aromatic carbocycles. The summed E-state index contributed by atoms with van der Waals surface area (Å²) in [4.78, 5) is 21.4. The van der Waals surface area contributed by atoms with Crippen LogP contribution in [0.1, 0.15) is 45.1 Å². The lowest BCUT2D eigenvalue weighted by atomic mass is 10.00. The van der Waals surface area contributed by atoms with E-state index in [1.807, 2.05) is 23.1 Å². The number of piperidine rings is 1. The van der Waals surface area contributed by atoms with Gasteiger partial charge in [0.1, 0.15) is 0 Å². The molecule has 6 nitrogen and oxygen atoms in total. The molecule has 2 saturated heterocycles. The monoisotopic (exact) mass is 371 g/mol. The maximum atomic E-state index is 12.3. The van der Waals surface area contributed by atoms with E-state index in [0.717, 1.165) is 68.7 Å². The predicted octanol–water partition coefficient (Wildman–Crippen LogP) is 3.51. The van der Waals surface area contributed by atoms with E-state index in [0.29, 0.717) is 6.54 Å². The molecule has 0 aromatic heterocycles. The van der Waals surface area contributed by atoms with Crippen LogP contribution in [0, 0.1) is 5.92 Å². The molecule has 2 amide bonds. The number of nitrogens with one attached hydrogen (secondary N) is 2. The van der Waals surface area contributed by atoms with Crippen molar-refractivity contribution in [2.24, 2.45) is 10.9 Å². The Bertz CT molecular complexity index is 646. The van der Waals surface area contributed by atoms with E-state index in [2.05, 4.69) is 35.4 Å². The highest BCUT2D eigenvalue weighted by molar-refractivity contribution is 5.89. The summed E-state index contributed by atoms with van der Waals surface area (Å²) in [6.45, 7) is 9.77. The van der Waals surface area contributed by atoms with Crippen LogP contribution in [-0.2, 0) is 6.54 Å². The van der Waals surface area contributed by atoms with Gasteiger partial charge in [-0.3, -0.25) is 0 Å². The average molecular weight is 372 g/mol. The highest BCUT2D eigenvalue weighted by Crippen LogP contribution is 2.17. The van der Waals surface area contributed by atoms with Crippen LogP contribution < -0.4 is 10.6 Å². The molecule has 6 heteroatoms. The van der Waals surface area contributed by atoms with Crippen molar-refractivity contribution in [1.29, 1.82) is 0 Å². The minimum absolute atomic E-state index is 0.00364. The number of nitrogens with zero attached hydrogens (tertiary/aromatic N) is 3. The first-order chi connectivity index (χ1) is 13.2. The fourth-order valence-electron chi connectivity index (χ4n) is 3.68. The molecule has 0 radical (unpaired) electrons. The zero-order valence-corrected chi connectivity index (χ0v) is 16.7. The van der Waals surface area contributed by atoms with Gasteiger partial charge in [-0.1, -0.05) is 19.1 Å². The lowest BCUT2D eigenvalue weighted by molar-refractivity contribution is 0.222. The normalized spacial score (nSPS) is 18.7. The molecule has 2 aliphatic heterocycles. The number of amides is 2. The van der Waals surface area contributed by atoms with Crippen LogP contribution in [0.4, 0.5) is 10.5 Å². The van der Waals surface area contributed by atoms with E-state index in [1.54, 1.807) is 0 Å². The topological polar surface area (TPSA) is 60.0 Å². The van der Waals surface area contributed by atoms with Gasteiger partial charge in [0.2, 0.25) is 0 Å². The van der Waals surface area contributed by atoms with Crippen LogP contribution in [0.15, 0.2) is 29.3 Å². The SMILES string of the molecule is CCNC(=NCc1cccc(NC(=O)N2CCCC2)c1)N1CCC(C)CC1. The molecule has 2 aliphatic rings. The largest absolute Gasteiger partial charge is 0.357 e. The van der Waals surface area contributed by atoms with E-state index >= 15 is 0 Å². The van der Waals surface area contributed by atoms with E-state index in [9.17, 15) is 4.79 Å². The minimum atomic E-state index is 0.00364. The number of likely N-dealkylation sites (tertiary alicyclic amines) is 2. The first kappa shape index (κ1) is 19.5. The molecule has 0 spiro atoms. The molecule has 3 rings (SSSR count). The zero-order chi connectivity index (χ0) is 19.1. The van der Waals surface area contributed by atoms with Crippen LogP contribution in [0.3, 0.4) is 0 Å². The Morgan fingerprint density at radius 3 is 2.59 bits per heavy atom. The standard InChI is InChI=1S/C21H33N5O/c1-3-22-20(25-13-9-17(2)10-14-25)23-16-18-7-6-8-19(15-18)24-21(27)26-11-4-5-12-26/h6-8,15,17H,3-5,9-14,16H2,1-2H3,(H,22,23)(H,24,27). The summed E-state index contributed by atoms with van der Waals surface area (Å²) in [6.07, 6.45) is 4.65. The van der Waals surface area contributed by atoms with Crippen molar-refractivity contribution in [1.82, 2.24) is 15.1 Å². The summed E-state index contributed by atoms with van der Waals surface area (Å²) >= 11 is 0. The molecular weight excluding hydrogens is 338 g/mol. The summed E-state index contributed by atoms with van der Waals surface area (Å²) in [7, 11) is 0. The molecule has 0 atom stereocenters. The first-order valence-electron chi connectivity index (χ1n) is 10.3. The average Bonchev–Trinajstić information content (AvgIpc) is 3.21. The van der Waals surface area contributed by atoms with Gasteiger partial charge in [0.15, 0.2) is 5.96 Å². The lowest BCUT2D eigenvalue weighted by Crippen LogP contribution is -2.45. The summed E-state index contributed by atoms with van der Waals surface area (Å²) < 4.78 is 0. The fourth-order valence-corrected chi connectivity index (χ4v) is 3.68. The second-order valence-corrected chi connectivity index (χ2v) is 7.66. The Morgan fingerprint density at radius 2 is 1.89 bits per heavy atom. The molecule has 148 valence electrons. The van der Waals surface area contributed by atoms with Crippen LogP contribution >= 0.6 is 0 Å². The van der Waals surface area contributed by atoms with Crippen molar-refractivity contribution < 1.29 is 4.79 Å². The number of urea groups is 1. The molecule has 27 heavy (non-hydrogen) atoms.